The number of para-hydroxylation sites is 1. The molecule has 1 atom stereocenters. The second-order valence-electron chi connectivity index (χ2n) is 4.85. The number of hydrogen-bond donors (Lipinski definition) is 1. The van der Waals surface area contributed by atoms with Crippen LogP contribution in [0.15, 0.2) is 41.8 Å². The normalized spacial score (nSPS) is 18.2. The molecule has 1 aliphatic rings. The lowest BCUT2D eigenvalue weighted by molar-refractivity contribution is -0.118. The highest BCUT2D eigenvalue weighted by molar-refractivity contribution is 7.10. The van der Waals surface area contributed by atoms with Crippen LogP contribution < -0.4 is 10.6 Å². The second-order valence-corrected chi connectivity index (χ2v) is 5.89. The Morgan fingerprint density at radius 2 is 2.16 bits per heavy atom. The molecule has 1 amide bonds. The summed E-state index contributed by atoms with van der Waals surface area (Å²) in [5.74, 6) is 0.130. The van der Waals surface area contributed by atoms with Crippen molar-refractivity contribution in [2.45, 2.75) is 18.9 Å². The van der Waals surface area contributed by atoms with E-state index in [1.807, 2.05) is 40.6 Å². The van der Waals surface area contributed by atoms with Crippen LogP contribution in [0.2, 0.25) is 0 Å². The van der Waals surface area contributed by atoms with Gasteiger partial charge in [0, 0.05) is 23.2 Å². The van der Waals surface area contributed by atoms with E-state index >= 15 is 0 Å². The number of anilines is 1. The Morgan fingerprint density at radius 3 is 2.95 bits per heavy atom. The zero-order valence-corrected chi connectivity index (χ0v) is 11.4. The van der Waals surface area contributed by atoms with Gasteiger partial charge < -0.3 is 10.6 Å². The molecule has 0 radical (unpaired) electrons. The molecule has 19 heavy (non-hydrogen) atoms. The molecule has 3 rings (SSSR count). The molecule has 4 heteroatoms. The number of rotatable bonds is 2. The van der Waals surface area contributed by atoms with Crippen molar-refractivity contribution in [3.63, 3.8) is 0 Å². The van der Waals surface area contributed by atoms with Gasteiger partial charge in [-0.3, -0.25) is 4.79 Å². The van der Waals surface area contributed by atoms with Crippen molar-refractivity contribution in [2.75, 3.05) is 11.4 Å². The quantitative estimate of drug-likeness (QED) is 0.911. The van der Waals surface area contributed by atoms with E-state index in [0.717, 1.165) is 17.0 Å². The lowest BCUT2D eigenvalue weighted by Gasteiger charge is -2.33. The fraction of sp³-hybridized carbons (Fsp3) is 0.267. The average Bonchev–Trinajstić information content (AvgIpc) is 2.90. The lowest BCUT2D eigenvalue weighted by Crippen LogP contribution is -2.46. The van der Waals surface area contributed by atoms with Gasteiger partial charge in [0.25, 0.3) is 0 Å². The van der Waals surface area contributed by atoms with E-state index in [9.17, 15) is 4.79 Å². The number of amides is 1. The number of nitrogens with two attached hydrogens (primary N) is 1. The van der Waals surface area contributed by atoms with Crippen LogP contribution in [0.1, 0.15) is 10.4 Å². The third kappa shape index (κ3) is 2.55. The first-order valence-corrected chi connectivity index (χ1v) is 7.28. The second kappa shape index (κ2) is 5.15. The van der Waals surface area contributed by atoms with Crippen LogP contribution in [0.3, 0.4) is 0 Å². The van der Waals surface area contributed by atoms with Crippen LogP contribution in [0.25, 0.3) is 0 Å². The van der Waals surface area contributed by atoms with Crippen LogP contribution in [0.5, 0.6) is 0 Å². The highest BCUT2D eigenvalue weighted by atomic mass is 32.1. The summed E-state index contributed by atoms with van der Waals surface area (Å²) in [4.78, 5) is 15.4. The van der Waals surface area contributed by atoms with Crippen LogP contribution in [0, 0.1) is 0 Å². The molecule has 2 N–H and O–H groups in total. The molecule has 2 aromatic rings. The van der Waals surface area contributed by atoms with E-state index in [2.05, 4.69) is 6.07 Å². The zero-order chi connectivity index (χ0) is 13.2. The van der Waals surface area contributed by atoms with E-state index in [1.54, 1.807) is 11.3 Å². The molecule has 1 aromatic carbocycles. The first kappa shape index (κ1) is 12.4. The van der Waals surface area contributed by atoms with Gasteiger partial charge in [0.15, 0.2) is 0 Å². The van der Waals surface area contributed by atoms with E-state index < -0.39 is 0 Å². The van der Waals surface area contributed by atoms with Crippen LogP contribution in [-0.4, -0.2) is 18.5 Å². The Bertz CT molecular complexity index is 580. The molecule has 1 unspecified atom stereocenters. The number of fused-ring (bicyclic) bond motifs is 1. The van der Waals surface area contributed by atoms with Gasteiger partial charge >= 0.3 is 0 Å². The topological polar surface area (TPSA) is 46.3 Å². The van der Waals surface area contributed by atoms with Crippen LogP contribution in [-0.2, 0) is 17.6 Å². The Morgan fingerprint density at radius 1 is 1.32 bits per heavy atom. The average molecular weight is 272 g/mol. The predicted molar refractivity (Wildman–Crippen MR) is 78.5 cm³/mol. The maximum Gasteiger partial charge on any atom is 0.232 e. The summed E-state index contributed by atoms with van der Waals surface area (Å²) in [6, 6.07) is 12.0. The largest absolute Gasteiger partial charge is 0.326 e. The summed E-state index contributed by atoms with van der Waals surface area (Å²) in [5.41, 5.74) is 8.25. The fourth-order valence-corrected chi connectivity index (χ4v) is 3.22. The summed E-state index contributed by atoms with van der Waals surface area (Å²) in [6.45, 7) is 0.612. The SMILES string of the molecule is NC1Cc2ccccc2N(C(=O)Cc2cccs2)C1. The number of thiophene rings is 1. The highest BCUT2D eigenvalue weighted by Gasteiger charge is 2.26. The molecular formula is C15H16N2OS. The molecular weight excluding hydrogens is 256 g/mol. The van der Waals surface area contributed by atoms with Gasteiger partial charge in [-0.1, -0.05) is 24.3 Å². The minimum Gasteiger partial charge on any atom is -0.326 e. The summed E-state index contributed by atoms with van der Waals surface area (Å²) < 4.78 is 0. The van der Waals surface area contributed by atoms with Gasteiger partial charge in [-0.2, -0.15) is 0 Å². The summed E-state index contributed by atoms with van der Waals surface area (Å²) in [7, 11) is 0. The minimum absolute atomic E-state index is 0.0298. The third-order valence-corrected chi connectivity index (χ3v) is 4.26. The highest BCUT2D eigenvalue weighted by Crippen LogP contribution is 2.27. The van der Waals surface area contributed by atoms with Crippen molar-refractivity contribution in [1.82, 2.24) is 0 Å². The number of benzene rings is 1. The molecule has 0 fully saturated rings. The summed E-state index contributed by atoms with van der Waals surface area (Å²) in [6.07, 6.45) is 1.30. The van der Waals surface area contributed by atoms with Crippen molar-refractivity contribution in [3.05, 3.63) is 52.2 Å². The first-order chi connectivity index (χ1) is 9.24. The molecule has 0 saturated carbocycles. The van der Waals surface area contributed by atoms with E-state index in [0.29, 0.717) is 13.0 Å². The minimum atomic E-state index is 0.0298. The fourth-order valence-electron chi connectivity index (χ4n) is 2.52. The molecule has 1 aromatic heterocycles. The third-order valence-electron chi connectivity index (χ3n) is 3.39. The van der Waals surface area contributed by atoms with Gasteiger partial charge in [-0.15, -0.1) is 11.3 Å². The summed E-state index contributed by atoms with van der Waals surface area (Å²) >= 11 is 1.62. The van der Waals surface area contributed by atoms with Gasteiger partial charge in [-0.25, -0.2) is 0 Å². The van der Waals surface area contributed by atoms with Crippen molar-refractivity contribution in [3.8, 4) is 0 Å². The summed E-state index contributed by atoms with van der Waals surface area (Å²) in [5, 5.41) is 2.00. The molecule has 0 aliphatic carbocycles. The van der Waals surface area contributed by atoms with Gasteiger partial charge in [0.2, 0.25) is 5.91 Å². The van der Waals surface area contributed by atoms with E-state index in [-0.39, 0.29) is 11.9 Å². The maximum absolute atomic E-state index is 12.5. The predicted octanol–water partition coefficient (Wildman–Crippen LogP) is 2.21. The van der Waals surface area contributed by atoms with Crippen molar-refractivity contribution in [2.24, 2.45) is 5.73 Å². The molecule has 0 saturated heterocycles. The monoisotopic (exact) mass is 272 g/mol. The Kier molecular flexibility index (Phi) is 3.36. The van der Waals surface area contributed by atoms with Crippen LogP contribution in [0.4, 0.5) is 5.69 Å². The van der Waals surface area contributed by atoms with Gasteiger partial charge in [-0.05, 0) is 29.5 Å². The molecule has 0 spiro atoms. The van der Waals surface area contributed by atoms with E-state index in [4.69, 9.17) is 5.73 Å². The Labute approximate surface area is 116 Å². The molecule has 3 nitrogen and oxygen atoms in total. The van der Waals surface area contributed by atoms with Gasteiger partial charge in [0.1, 0.15) is 0 Å². The van der Waals surface area contributed by atoms with Crippen molar-refractivity contribution < 1.29 is 4.79 Å². The number of hydrogen-bond acceptors (Lipinski definition) is 3. The molecule has 98 valence electrons. The Balaban J connectivity index is 1.86. The smallest absolute Gasteiger partial charge is 0.232 e. The molecule has 1 aliphatic heterocycles. The zero-order valence-electron chi connectivity index (χ0n) is 10.6. The molecule has 2 heterocycles. The van der Waals surface area contributed by atoms with Crippen molar-refractivity contribution in [1.29, 1.82) is 0 Å². The maximum atomic E-state index is 12.5. The lowest BCUT2D eigenvalue weighted by atomic mass is 9.98. The van der Waals surface area contributed by atoms with Gasteiger partial charge in [0.05, 0.1) is 6.42 Å². The Hall–Kier alpha value is -1.65. The number of nitrogens with zero attached hydrogens (tertiary/aromatic N) is 1. The van der Waals surface area contributed by atoms with Crippen LogP contribution >= 0.6 is 11.3 Å². The first-order valence-electron chi connectivity index (χ1n) is 6.40. The molecule has 0 bridgehead atoms. The standard InChI is InChI=1S/C15H16N2OS/c16-12-8-11-4-1-2-6-14(11)17(10-12)15(18)9-13-5-3-7-19-13/h1-7,12H,8-10,16H2. The number of carbonyl (C=O) groups is 1. The van der Waals surface area contributed by atoms with Crippen molar-refractivity contribution >= 4 is 22.9 Å². The van der Waals surface area contributed by atoms with E-state index in [1.165, 1.54) is 5.56 Å². The number of carbonyl (C=O) groups excluding carboxylic acids is 1.